The Hall–Kier alpha value is -2.33. The number of benzene rings is 1. The van der Waals surface area contributed by atoms with Gasteiger partial charge in [-0.15, -0.1) is 0 Å². The second-order valence-corrected chi connectivity index (χ2v) is 9.04. The zero-order valence-electron chi connectivity index (χ0n) is 17.9. The van der Waals surface area contributed by atoms with Gasteiger partial charge in [0, 0.05) is 13.3 Å². The molecule has 5 rings (SSSR count). The Balaban J connectivity index is 1.21. The molecule has 3 aromatic rings. The molecule has 0 amide bonds. The average molecular weight is 405 g/mol. The van der Waals surface area contributed by atoms with Crippen molar-refractivity contribution < 1.29 is 9.47 Å². The SMILES string of the molecule is COCCOc1ccc([C@H]2CC[C@H](Cc3c(C4CC4)ccn4cncc34)CC2)cc1. The van der Waals surface area contributed by atoms with Crippen LogP contribution in [0.4, 0.5) is 0 Å². The monoisotopic (exact) mass is 404 g/mol. The summed E-state index contributed by atoms with van der Waals surface area (Å²) in [6.45, 7) is 1.23. The number of hydrogen-bond donors (Lipinski definition) is 0. The topological polar surface area (TPSA) is 35.8 Å². The molecule has 0 radical (unpaired) electrons. The fourth-order valence-electron chi connectivity index (χ4n) is 5.13. The molecule has 0 aliphatic heterocycles. The molecule has 0 N–H and O–H groups in total. The van der Waals surface area contributed by atoms with Gasteiger partial charge >= 0.3 is 0 Å². The van der Waals surface area contributed by atoms with Gasteiger partial charge in [-0.05, 0) is 97.6 Å². The highest BCUT2D eigenvalue weighted by molar-refractivity contribution is 5.58. The first-order chi connectivity index (χ1) is 14.8. The molecular weight excluding hydrogens is 372 g/mol. The molecule has 2 heterocycles. The lowest BCUT2D eigenvalue weighted by Crippen LogP contribution is -2.16. The summed E-state index contributed by atoms with van der Waals surface area (Å²) >= 11 is 0. The summed E-state index contributed by atoms with van der Waals surface area (Å²) in [7, 11) is 1.70. The number of pyridine rings is 1. The van der Waals surface area contributed by atoms with Crippen LogP contribution < -0.4 is 4.74 Å². The van der Waals surface area contributed by atoms with E-state index in [0.29, 0.717) is 19.1 Å². The van der Waals surface area contributed by atoms with E-state index in [-0.39, 0.29) is 0 Å². The second kappa shape index (κ2) is 8.81. The largest absolute Gasteiger partial charge is 0.491 e. The van der Waals surface area contributed by atoms with Crippen LogP contribution in [0.15, 0.2) is 49.1 Å². The third kappa shape index (κ3) is 4.24. The Kier molecular flexibility index (Phi) is 5.76. The van der Waals surface area contributed by atoms with Crippen LogP contribution in [0.3, 0.4) is 0 Å². The highest BCUT2D eigenvalue weighted by Crippen LogP contribution is 2.44. The predicted molar refractivity (Wildman–Crippen MR) is 119 cm³/mol. The Labute approximate surface area is 179 Å². The van der Waals surface area contributed by atoms with Gasteiger partial charge in [0.2, 0.25) is 0 Å². The highest BCUT2D eigenvalue weighted by Gasteiger charge is 2.29. The summed E-state index contributed by atoms with van der Waals surface area (Å²) in [6, 6.07) is 11.1. The van der Waals surface area contributed by atoms with Crippen LogP contribution in [0.1, 0.15) is 67.1 Å². The van der Waals surface area contributed by atoms with E-state index in [2.05, 4.69) is 52.1 Å². The molecule has 2 fully saturated rings. The van der Waals surface area contributed by atoms with Crippen LogP contribution in [-0.4, -0.2) is 29.7 Å². The van der Waals surface area contributed by atoms with Crippen LogP contribution in [0.25, 0.3) is 5.52 Å². The van der Waals surface area contributed by atoms with Crippen molar-refractivity contribution in [2.24, 2.45) is 5.92 Å². The van der Waals surface area contributed by atoms with Crippen LogP contribution in [0, 0.1) is 5.92 Å². The molecule has 0 unspecified atom stereocenters. The van der Waals surface area contributed by atoms with E-state index in [9.17, 15) is 0 Å². The van der Waals surface area contributed by atoms with E-state index >= 15 is 0 Å². The number of nitrogens with zero attached hydrogens (tertiary/aromatic N) is 2. The van der Waals surface area contributed by atoms with E-state index < -0.39 is 0 Å². The van der Waals surface area contributed by atoms with Crippen molar-refractivity contribution in [3.63, 3.8) is 0 Å². The van der Waals surface area contributed by atoms with E-state index in [1.54, 1.807) is 18.2 Å². The molecule has 2 aliphatic carbocycles. The van der Waals surface area contributed by atoms with Crippen molar-refractivity contribution >= 4 is 5.52 Å². The molecule has 0 saturated heterocycles. The first-order valence-electron chi connectivity index (χ1n) is 11.5. The maximum atomic E-state index is 5.70. The zero-order chi connectivity index (χ0) is 20.3. The predicted octanol–water partition coefficient (Wildman–Crippen LogP) is 5.75. The molecule has 0 atom stereocenters. The summed E-state index contributed by atoms with van der Waals surface area (Å²) in [5.41, 5.74) is 5.95. The normalized spacial score (nSPS) is 21.8. The molecule has 2 aliphatic rings. The molecular formula is C26H32N2O2. The minimum absolute atomic E-state index is 0.605. The number of rotatable bonds is 8. The van der Waals surface area contributed by atoms with Gasteiger partial charge in [0.25, 0.3) is 0 Å². The zero-order valence-corrected chi connectivity index (χ0v) is 17.9. The lowest BCUT2D eigenvalue weighted by molar-refractivity contribution is 0.146. The third-order valence-electron chi connectivity index (χ3n) is 7.00. The van der Waals surface area contributed by atoms with Crippen LogP contribution in [0.2, 0.25) is 0 Å². The van der Waals surface area contributed by atoms with Crippen LogP contribution in [-0.2, 0) is 11.2 Å². The minimum atomic E-state index is 0.605. The molecule has 2 saturated carbocycles. The highest BCUT2D eigenvalue weighted by atomic mass is 16.5. The maximum Gasteiger partial charge on any atom is 0.119 e. The smallest absolute Gasteiger partial charge is 0.119 e. The summed E-state index contributed by atoms with van der Waals surface area (Å²) in [5, 5.41) is 0. The summed E-state index contributed by atoms with van der Waals surface area (Å²) < 4.78 is 12.9. The third-order valence-corrected chi connectivity index (χ3v) is 7.00. The Morgan fingerprint density at radius 1 is 0.933 bits per heavy atom. The maximum absolute atomic E-state index is 5.70. The van der Waals surface area contributed by atoms with Crippen LogP contribution >= 0.6 is 0 Å². The standard InChI is InChI=1S/C26H32N2O2/c1-29-14-15-30-23-10-8-21(9-11-23)20-4-2-19(3-5-20)16-25-24(22-6-7-22)12-13-28-18-27-17-26(25)28/h8-13,17-20,22H,2-7,14-16H2,1H3/t19-,20-. The van der Waals surface area contributed by atoms with Gasteiger partial charge < -0.3 is 13.9 Å². The van der Waals surface area contributed by atoms with Crippen molar-refractivity contribution in [2.75, 3.05) is 20.3 Å². The van der Waals surface area contributed by atoms with Crippen molar-refractivity contribution in [2.45, 2.75) is 56.8 Å². The van der Waals surface area contributed by atoms with Crippen LogP contribution in [0.5, 0.6) is 5.75 Å². The summed E-state index contributed by atoms with van der Waals surface area (Å²) in [4.78, 5) is 4.40. The van der Waals surface area contributed by atoms with Gasteiger partial charge in [0.1, 0.15) is 12.4 Å². The Morgan fingerprint density at radius 3 is 2.43 bits per heavy atom. The lowest BCUT2D eigenvalue weighted by atomic mass is 9.76. The molecule has 0 bridgehead atoms. The first-order valence-corrected chi connectivity index (χ1v) is 11.5. The van der Waals surface area contributed by atoms with Crippen molar-refractivity contribution in [1.29, 1.82) is 0 Å². The van der Waals surface area contributed by atoms with Crippen molar-refractivity contribution in [3.8, 4) is 5.75 Å². The molecule has 1 aromatic carbocycles. The molecule has 4 heteroatoms. The molecule has 158 valence electrons. The average Bonchev–Trinajstić information content (AvgIpc) is 3.51. The van der Waals surface area contributed by atoms with Gasteiger partial charge in [-0.1, -0.05) is 12.1 Å². The second-order valence-electron chi connectivity index (χ2n) is 9.04. The Morgan fingerprint density at radius 2 is 1.70 bits per heavy atom. The van der Waals surface area contributed by atoms with Crippen molar-refractivity contribution in [1.82, 2.24) is 9.38 Å². The van der Waals surface area contributed by atoms with Gasteiger partial charge in [0.05, 0.1) is 24.6 Å². The van der Waals surface area contributed by atoms with Crippen molar-refractivity contribution in [3.05, 3.63) is 65.7 Å². The number of ether oxygens (including phenoxy) is 2. The number of aromatic nitrogens is 2. The van der Waals surface area contributed by atoms with E-state index in [1.165, 1.54) is 56.0 Å². The fourth-order valence-corrected chi connectivity index (χ4v) is 5.13. The first kappa shape index (κ1) is 19.6. The van der Waals surface area contributed by atoms with Gasteiger partial charge in [-0.25, -0.2) is 4.98 Å². The summed E-state index contributed by atoms with van der Waals surface area (Å²) in [5.74, 6) is 3.20. The Bertz CT molecular complexity index is 966. The number of hydrogen-bond acceptors (Lipinski definition) is 3. The summed E-state index contributed by atoms with van der Waals surface area (Å²) in [6.07, 6.45) is 15.3. The van der Waals surface area contributed by atoms with E-state index in [0.717, 1.165) is 17.6 Å². The van der Waals surface area contributed by atoms with Gasteiger partial charge in [-0.2, -0.15) is 0 Å². The molecule has 2 aromatic heterocycles. The molecule has 0 spiro atoms. The van der Waals surface area contributed by atoms with Gasteiger partial charge in [0.15, 0.2) is 0 Å². The number of methoxy groups -OCH3 is 1. The molecule has 4 nitrogen and oxygen atoms in total. The van der Waals surface area contributed by atoms with E-state index in [1.807, 2.05) is 6.33 Å². The quantitative estimate of drug-likeness (QED) is 0.448. The van der Waals surface area contributed by atoms with Gasteiger partial charge in [-0.3, -0.25) is 0 Å². The van der Waals surface area contributed by atoms with E-state index in [4.69, 9.17) is 9.47 Å². The number of imidazole rings is 1. The lowest BCUT2D eigenvalue weighted by Gasteiger charge is -2.29. The number of fused-ring (bicyclic) bond motifs is 1. The minimum Gasteiger partial charge on any atom is -0.491 e. The molecule has 30 heavy (non-hydrogen) atoms. The fraction of sp³-hybridized carbons (Fsp3) is 0.500.